The molecular formula is C19H20N4O2S2. The van der Waals surface area contributed by atoms with Gasteiger partial charge in [0.25, 0.3) is 0 Å². The van der Waals surface area contributed by atoms with Crippen LogP contribution < -0.4 is 15.4 Å². The van der Waals surface area contributed by atoms with Crippen molar-refractivity contribution >= 4 is 45.5 Å². The van der Waals surface area contributed by atoms with Gasteiger partial charge in [-0.2, -0.15) is 0 Å². The first kappa shape index (κ1) is 19.2. The average Bonchev–Trinajstić information content (AvgIpc) is 3.11. The molecule has 6 nitrogen and oxygen atoms in total. The number of carbonyl (C=O) groups excluding carboxylic acids is 1. The van der Waals surface area contributed by atoms with E-state index in [1.807, 2.05) is 62.4 Å². The lowest BCUT2D eigenvalue weighted by molar-refractivity contribution is -0.115. The van der Waals surface area contributed by atoms with Crippen molar-refractivity contribution < 1.29 is 9.53 Å². The van der Waals surface area contributed by atoms with E-state index in [4.69, 9.17) is 4.74 Å². The molecule has 0 saturated heterocycles. The number of nitrogens with one attached hydrogen (secondary N) is 2. The topological polar surface area (TPSA) is 76.1 Å². The zero-order chi connectivity index (χ0) is 19.2. The van der Waals surface area contributed by atoms with Crippen LogP contribution in [0, 0.1) is 6.92 Å². The number of amides is 1. The molecule has 0 aliphatic heterocycles. The number of ether oxygens (including phenoxy) is 1. The standard InChI is InChI=1S/C19H20N4O2S2/c1-12-6-4-5-7-16(12)21-17(24)13(2)26-19-23-22-18(27-19)20-14-8-10-15(25-3)11-9-14/h4-11,13H,1-3H3,(H,20,22)(H,21,24). The van der Waals surface area contributed by atoms with Crippen LogP contribution in [-0.2, 0) is 4.79 Å². The minimum absolute atomic E-state index is 0.0610. The molecule has 1 unspecified atom stereocenters. The Bertz CT molecular complexity index is 912. The number of anilines is 3. The molecule has 0 aliphatic carbocycles. The Morgan fingerprint density at radius 3 is 2.59 bits per heavy atom. The van der Waals surface area contributed by atoms with Crippen molar-refractivity contribution in [2.24, 2.45) is 0 Å². The van der Waals surface area contributed by atoms with Crippen molar-refractivity contribution in [1.82, 2.24) is 10.2 Å². The fourth-order valence-electron chi connectivity index (χ4n) is 2.26. The summed E-state index contributed by atoms with van der Waals surface area (Å²) < 4.78 is 5.88. The second-order valence-electron chi connectivity index (χ2n) is 5.79. The highest BCUT2D eigenvalue weighted by Gasteiger charge is 2.18. The normalized spacial score (nSPS) is 11.7. The van der Waals surface area contributed by atoms with Crippen molar-refractivity contribution in [1.29, 1.82) is 0 Å². The molecule has 0 aliphatic rings. The molecule has 0 radical (unpaired) electrons. The Balaban J connectivity index is 1.57. The lowest BCUT2D eigenvalue weighted by Gasteiger charge is -2.11. The third-order valence-corrected chi connectivity index (χ3v) is 5.82. The van der Waals surface area contributed by atoms with E-state index in [2.05, 4.69) is 20.8 Å². The van der Waals surface area contributed by atoms with Crippen molar-refractivity contribution in [3.05, 3.63) is 54.1 Å². The van der Waals surface area contributed by atoms with Crippen LogP contribution >= 0.6 is 23.1 Å². The van der Waals surface area contributed by atoms with Crippen LogP contribution in [-0.4, -0.2) is 28.5 Å². The molecule has 2 aromatic carbocycles. The number of aromatic nitrogens is 2. The zero-order valence-corrected chi connectivity index (χ0v) is 16.9. The molecule has 8 heteroatoms. The summed E-state index contributed by atoms with van der Waals surface area (Å²) in [5, 5.41) is 14.8. The molecule has 1 heterocycles. The first-order valence-electron chi connectivity index (χ1n) is 8.33. The van der Waals surface area contributed by atoms with Crippen LogP contribution in [0.25, 0.3) is 0 Å². The van der Waals surface area contributed by atoms with E-state index in [0.29, 0.717) is 5.13 Å². The summed E-state index contributed by atoms with van der Waals surface area (Å²) in [6.45, 7) is 3.82. The van der Waals surface area contributed by atoms with E-state index in [9.17, 15) is 4.79 Å². The molecule has 0 spiro atoms. The van der Waals surface area contributed by atoms with Crippen molar-refractivity contribution in [3.63, 3.8) is 0 Å². The fraction of sp³-hybridized carbons (Fsp3) is 0.211. The summed E-state index contributed by atoms with van der Waals surface area (Å²) in [5.41, 5.74) is 2.76. The van der Waals surface area contributed by atoms with Crippen LogP contribution in [0.15, 0.2) is 52.9 Å². The number of aryl methyl sites for hydroxylation is 1. The molecule has 1 aromatic heterocycles. The van der Waals surface area contributed by atoms with Crippen molar-refractivity contribution in [2.45, 2.75) is 23.4 Å². The number of hydrogen-bond acceptors (Lipinski definition) is 7. The predicted octanol–water partition coefficient (Wildman–Crippen LogP) is 4.72. The average molecular weight is 401 g/mol. The van der Waals surface area contributed by atoms with Gasteiger partial charge in [-0.1, -0.05) is 41.3 Å². The second-order valence-corrected chi connectivity index (χ2v) is 8.36. The van der Waals surface area contributed by atoms with Gasteiger partial charge in [-0.05, 0) is 49.7 Å². The number of rotatable bonds is 7. The van der Waals surface area contributed by atoms with Gasteiger partial charge in [0.15, 0.2) is 4.34 Å². The van der Waals surface area contributed by atoms with Crippen molar-refractivity contribution in [3.8, 4) is 5.75 Å². The minimum atomic E-state index is -0.286. The SMILES string of the molecule is COc1ccc(Nc2nnc(SC(C)C(=O)Nc3ccccc3C)s2)cc1. The lowest BCUT2D eigenvalue weighted by Crippen LogP contribution is -2.22. The molecule has 3 aromatic rings. The van der Waals surface area contributed by atoms with Gasteiger partial charge in [0.05, 0.1) is 12.4 Å². The van der Waals surface area contributed by atoms with Crippen LogP contribution in [0.5, 0.6) is 5.75 Å². The molecule has 1 atom stereocenters. The number of hydrogen-bond donors (Lipinski definition) is 2. The molecule has 2 N–H and O–H groups in total. The highest BCUT2D eigenvalue weighted by Crippen LogP contribution is 2.31. The maximum atomic E-state index is 12.4. The van der Waals surface area contributed by atoms with Gasteiger partial charge < -0.3 is 15.4 Å². The predicted molar refractivity (Wildman–Crippen MR) is 111 cm³/mol. The molecular weight excluding hydrogens is 380 g/mol. The summed E-state index contributed by atoms with van der Waals surface area (Å²) in [5.74, 6) is 0.733. The van der Waals surface area contributed by atoms with Gasteiger partial charge in [0.2, 0.25) is 11.0 Å². The maximum absolute atomic E-state index is 12.4. The third-order valence-electron chi connectivity index (χ3n) is 3.80. The van der Waals surface area contributed by atoms with E-state index in [-0.39, 0.29) is 11.2 Å². The Morgan fingerprint density at radius 1 is 1.15 bits per heavy atom. The highest BCUT2D eigenvalue weighted by molar-refractivity contribution is 8.02. The van der Waals surface area contributed by atoms with Crippen LogP contribution in [0.3, 0.4) is 0 Å². The molecule has 27 heavy (non-hydrogen) atoms. The lowest BCUT2D eigenvalue weighted by atomic mass is 10.2. The van der Waals surface area contributed by atoms with Crippen molar-refractivity contribution in [2.75, 3.05) is 17.7 Å². The monoisotopic (exact) mass is 400 g/mol. The smallest absolute Gasteiger partial charge is 0.237 e. The molecule has 3 rings (SSSR count). The Labute approximate surface area is 166 Å². The summed E-state index contributed by atoms with van der Waals surface area (Å²) >= 11 is 2.80. The summed E-state index contributed by atoms with van der Waals surface area (Å²) in [7, 11) is 1.63. The fourth-order valence-corrected chi connectivity index (χ4v) is 4.17. The van der Waals surface area contributed by atoms with E-state index < -0.39 is 0 Å². The first-order chi connectivity index (χ1) is 13.0. The van der Waals surface area contributed by atoms with E-state index in [0.717, 1.165) is 27.0 Å². The minimum Gasteiger partial charge on any atom is -0.497 e. The zero-order valence-electron chi connectivity index (χ0n) is 15.2. The number of methoxy groups -OCH3 is 1. The number of nitrogens with zero attached hydrogens (tertiary/aromatic N) is 2. The number of thioether (sulfide) groups is 1. The largest absolute Gasteiger partial charge is 0.497 e. The summed E-state index contributed by atoms with van der Waals surface area (Å²) in [6, 6.07) is 15.3. The molecule has 1 amide bonds. The van der Waals surface area contributed by atoms with Crippen LogP contribution in [0.4, 0.5) is 16.5 Å². The van der Waals surface area contributed by atoms with Gasteiger partial charge in [-0.3, -0.25) is 4.79 Å². The Morgan fingerprint density at radius 2 is 1.89 bits per heavy atom. The van der Waals surface area contributed by atoms with E-state index >= 15 is 0 Å². The third kappa shape index (κ3) is 5.21. The van der Waals surface area contributed by atoms with Gasteiger partial charge >= 0.3 is 0 Å². The molecule has 0 saturated carbocycles. The van der Waals surface area contributed by atoms with Gasteiger partial charge in [-0.15, -0.1) is 10.2 Å². The van der Waals surface area contributed by atoms with Crippen LogP contribution in [0.1, 0.15) is 12.5 Å². The maximum Gasteiger partial charge on any atom is 0.237 e. The number of benzene rings is 2. The Kier molecular flexibility index (Phi) is 6.31. The number of para-hydroxylation sites is 1. The summed E-state index contributed by atoms with van der Waals surface area (Å²) in [4.78, 5) is 12.4. The van der Waals surface area contributed by atoms with E-state index in [1.54, 1.807) is 7.11 Å². The molecule has 0 fully saturated rings. The van der Waals surface area contributed by atoms with Crippen LogP contribution in [0.2, 0.25) is 0 Å². The second kappa shape index (κ2) is 8.88. The molecule has 0 bridgehead atoms. The van der Waals surface area contributed by atoms with Gasteiger partial charge in [0.1, 0.15) is 5.75 Å². The quantitative estimate of drug-likeness (QED) is 0.559. The van der Waals surface area contributed by atoms with E-state index in [1.165, 1.54) is 23.1 Å². The van der Waals surface area contributed by atoms with Gasteiger partial charge in [-0.25, -0.2) is 0 Å². The Hall–Kier alpha value is -2.58. The first-order valence-corrected chi connectivity index (χ1v) is 10.0. The number of carbonyl (C=O) groups is 1. The molecule has 140 valence electrons. The highest BCUT2D eigenvalue weighted by atomic mass is 32.2. The summed E-state index contributed by atoms with van der Waals surface area (Å²) in [6.07, 6.45) is 0. The van der Waals surface area contributed by atoms with Gasteiger partial charge in [0, 0.05) is 11.4 Å².